The molecule has 0 amide bonds. The summed E-state index contributed by atoms with van der Waals surface area (Å²) in [6, 6.07) is 12.4. The lowest BCUT2D eigenvalue weighted by atomic mass is 10.0. The van der Waals surface area contributed by atoms with E-state index in [0.29, 0.717) is 23.1 Å². The zero-order valence-corrected chi connectivity index (χ0v) is 18.1. The fourth-order valence-corrected chi connectivity index (χ4v) is 3.82. The molecule has 7 nitrogen and oxygen atoms in total. The molecule has 0 saturated heterocycles. The Kier molecular flexibility index (Phi) is 4.84. The van der Waals surface area contributed by atoms with Crippen LogP contribution < -0.4 is 10.1 Å². The average Bonchev–Trinajstić information content (AvgIpc) is 3.46. The van der Waals surface area contributed by atoms with Gasteiger partial charge in [-0.3, -0.25) is 0 Å². The Morgan fingerprint density at radius 3 is 2.44 bits per heavy atom. The van der Waals surface area contributed by atoms with Gasteiger partial charge >= 0.3 is 0 Å². The number of nitrogens with one attached hydrogen (secondary N) is 1. The Hall–Kier alpha value is -3.81. The van der Waals surface area contributed by atoms with Crippen LogP contribution in [0.25, 0.3) is 17.1 Å². The van der Waals surface area contributed by atoms with Gasteiger partial charge in [0.25, 0.3) is 0 Å². The molecule has 0 bridgehead atoms. The van der Waals surface area contributed by atoms with Crippen LogP contribution in [0.1, 0.15) is 29.7 Å². The number of hydrogen-bond donors (Lipinski definition) is 1. The van der Waals surface area contributed by atoms with Crippen LogP contribution in [0.4, 0.5) is 10.2 Å². The summed E-state index contributed by atoms with van der Waals surface area (Å²) >= 11 is 0. The summed E-state index contributed by atoms with van der Waals surface area (Å²) in [6.45, 7) is 3.92. The van der Waals surface area contributed by atoms with Crippen molar-refractivity contribution in [2.24, 2.45) is 0 Å². The highest BCUT2D eigenvalue weighted by atomic mass is 19.1. The van der Waals surface area contributed by atoms with E-state index in [4.69, 9.17) is 4.74 Å². The Morgan fingerprint density at radius 1 is 1.03 bits per heavy atom. The Morgan fingerprint density at radius 2 is 1.81 bits per heavy atom. The fraction of sp³-hybridized carbons (Fsp3) is 0.250. The largest absolute Gasteiger partial charge is 0.479 e. The minimum atomic E-state index is -0.234. The maximum Gasteiger partial charge on any atom is 0.238 e. The lowest BCUT2D eigenvalue weighted by molar-refractivity contribution is 0.396. The molecule has 1 fully saturated rings. The number of hydrogen-bond acceptors (Lipinski definition) is 6. The van der Waals surface area contributed by atoms with Crippen molar-refractivity contribution in [2.75, 3.05) is 12.4 Å². The van der Waals surface area contributed by atoms with Crippen molar-refractivity contribution in [1.29, 1.82) is 0 Å². The molecular formula is C24H23FN6O. The van der Waals surface area contributed by atoms with Crippen LogP contribution in [0.2, 0.25) is 0 Å². The predicted molar refractivity (Wildman–Crippen MR) is 119 cm³/mol. The maximum atomic E-state index is 13.3. The minimum absolute atomic E-state index is 0.208. The topological polar surface area (TPSA) is 77.8 Å². The van der Waals surface area contributed by atoms with Crippen molar-refractivity contribution in [3.05, 3.63) is 77.6 Å². The van der Waals surface area contributed by atoms with Gasteiger partial charge in [-0.25, -0.2) is 14.4 Å². The molecule has 1 aliphatic carbocycles. The highest BCUT2D eigenvalue weighted by Gasteiger charge is 2.45. The smallest absolute Gasteiger partial charge is 0.238 e. The van der Waals surface area contributed by atoms with Crippen molar-refractivity contribution in [1.82, 2.24) is 24.7 Å². The van der Waals surface area contributed by atoms with Crippen molar-refractivity contribution in [3.63, 3.8) is 0 Å². The molecule has 0 spiro atoms. The molecule has 3 aromatic heterocycles. The van der Waals surface area contributed by atoms with Gasteiger partial charge in [0.15, 0.2) is 5.82 Å². The Labute approximate surface area is 185 Å². The third-order valence-electron chi connectivity index (χ3n) is 5.77. The number of ether oxygens (including phenoxy) is 1. The summed E-state index contributed by atoms with van der Waals surface area (Å²) < 4.78 is 20.7. The van der Waals surface area contributed by atoms with Crippen LogP contribution in [0.15, 0.2) is 55.0 Å². The van der Waals surface area contributed by atoms with E-state index in [0.717, 1.165) is 35.3 Å². The van der Waals surface area contributed by atoms with Crippen LogP contribution in [0.5, 0.6) is 5.88 Å². The summed E-state index contributed by atoms with van der Waals surface area (Å²) in [5.41, 5.74) is 4.85. The molecule has 1 aliphatic rings. The SMILES string of the molecule is COc1nc(-c2cc(C)c(NC3(c4ccc(F)cc4)CC3)nn2)ccc1-n1cnc(C)c1. The third kappa shape index (κ3) is 3.68. The van der Waals surface area contributed by atoms with Gasteiger partial charge in [-0.2, -0.15) is 0 Å². The molecule has 1 saturated carbocycles. The minimum Gasteiger partial charge on any atom is -0.479 e. The van der Waals surface area contributed by atoms with Gasteiger partial charge in [-0.15, -0.1) is 10.2 Å². The number of anilines is 1. The quantitative estimate of drug-likeness (QED) is 0.482. The van der Waals surface area contributed by atoms with Gasteiger partial charge in [0.05, 0.1) is 30.4 Å². The molecule has 32 heavy (non-hydrogen) atoms. The van der Waals surface area contributed by atoms with Crippen LogP contribution in [0, 0.1) is 19.7 Å². The Bertz CT molecular complexity index is 1280. The van der Waals surface area contributed by atoms with E-state index in [1.54, 1.807) is 13.4 Å². The van der Waals surface area contributed by atoms with E-state index in [9.17, 15) is 4.39 Å². The fourth-order valence-electron chi connectivity index (χ4n) is 3.82. The first-order valence-electron chi connectivity index (χ1n) is 10.4. The first-order chi connectivity index (χ1) is 15.5. The Balaban J connectivity index is 1.41. The van der Waals surface area contributed by atoms with Crippen molar-refractivity contribution in [2.45, 2.75) is 32.2 Å². The number of methoxy groups -OCH3 is 1. The highest BCUT2D eigenvalue weighted by Crippen LogP contribution is 2.48. The van der Waals surface area contributed by atoms with Gasteiger partial charge in [-0.1, -0.05) is 12.1 Å². The molecular weight excluding hydrogens is 407 g/mol. The number of aromatic nitrogens is 5. The van der Waals surface area contributed by atoms with Gasteiger partial charge < -0.3 is 14.6 Å². The lowest BCUT2D eigenvalue weighted by Gasteiger charge is -2.20. The summed E-state index contributed by atoms with van der Waals surface area (Å²) in [5, 5.41) is 12.3. The summed E-state index contributed by atoms with van der Waals surface area (Å²) in [7, 11) is 1.59. The number of rotatable bonds is 6. The van der Waals surface area contributed by atoms with Crippen LogP contribution >= 0.6 is 0 Å². The first kappa shape index (κ1) is 20.1. The molecule has 0 radical (unpaired) electrons. The van der Waals surface area contributed by atoms with Crippen LogP contribution in [-0.2, 0) is 5.54 Å². The van der Waals surface area contributed by atoms with Crippen molar-refractivity contribution < 1.29 is 9.13 Å². The van der Waals surface area contributed by atoms with Gasteiger partial charge in [0.1, 0.15) is 17.2 Å². The number of benzene rings is 1. The standard InChI is InChI=1S/C24H23FN6O/c1-15-12-20(19-8-9-21(23(27-19)32-3)31-13-16(2)26-14-31)29-30-22(15)28-24(10-11-24)17-4-6-18(25)7-5-17/h4-9,12-14H,10-11H2,1-3H3,(H,28,30). The average molecular weight is 430 g/mol. The van der Waals surface area contributed by atoms with E-state index in [-0.39, 0.29) is 11.4 Å². The number of nitrogens with zero attached hydrogens (tertiary/aromatic N) is 5. The van der Waals surface area contributed by atoms with Crippen molar-refractivity contribution >= 4 is 5.82 Å². The molecule has 1 aromatic carbocycles. The molecule has 3 heterocycles. The molecule has 1 N–H and O–H groups in total. The van der Waals surface area contributed by atoms with Gasteiger partial charge in [0, 0.05) is 6.20 Å². The normalized spacial score (nSPS) is 14.2. The molecule has 4 aromatic rings. The van der Waals surface area contributed by atoms with E-state index >= 15 is 0 Å². The second-order valence-electron chi connectivity index (χ2n) is 8.12. The molecule has 0 aliphatic heterocycles. The molecule has 8 heteroatoms. The third-order valence-corrected chi connectivity index (χ3v) is 5.77. The molecule has 0 atom stereocenters. The number of imidazole rings is 1. The van der Waals surface area contributed by atoms with E-state index in [1.807, 2.05) is 54.9 Å². The molecule has 162 valence electrons. The number of halogens is 1. The molecule has 0 unspecified atom stereocenters. The summed E-state index contributed by atoms with van der Waals surface area (Å²) in [6.07, 6.45) is 5.58. The van der Waals surface area contributed by atoms with Crippen LogP contribution in [-0.4, -0.2) is 31.8 Å². The first-order valence-corrected chi connectivity index (χ1v) is 10.4. The summed E-state index contributed by atoms with van der Waals surface area (Å²) in [4.78, 5) is 8.89. The highest BCUT2D eigenvalue weighted by molar-refractivity contribution is 5.61. The predicted octanol–water partition coefficient (Wildman–Crippen LogP) is 4.59. The lowest BCUT2D eigenvalue weighted by Crippen LogP contribution is -2.20. The zero-order chi connectivity index (χ0) is 22.3. The van der Waals surface area contributed by atoms with E-state index in [2.05, 4.69) is 25.5 Å². The van der Waals surface area contributed by atoms with Gasteiger partial charge in [-0.05, 0) is 68.1 Å². The maximum absolute atomic E-state index is 13.3. The monoisotopic (exact) mass is 430 g/mol. The number of pyridine rings is 1. The van der Waals surface area contributed by atoms with Crippen LogP contribution in [0.3, 0.4) is 0 Å². The van der Waals surface area contributed by atoms with E-state index in [1.165, 1.54) is 12.1 Å². The molecule has 5 rings (SSSR count). The van der Waals surface area contributed by atoms with Gasteiger partial charge in [0.2, 0.25) is 5.88 Å². The second kappa shape index (κ2) is 7.71. The second-order valence-corrected chi connectivity index (χ2v) is 8.12. The number of aryl methyl sites for hydroxylation is 2. The van der Waals surface area contributed by atoms with Crippen molar-refractivity contribution in [3.8, 4) is 23.0 Å². The summed E-state index contributed by atoms with van der Waals surface area (Å²) in [5.74, 6) is 0.963. The van der Waals surface area contributed by atoms with E-state index < -0.39 is 0 Å². The zero-order valence-electron chi connectivity index (χ0n) is 18.1.